The Labute approximate surface area is 94.5 Å². The molecular weight excluding hydrogens is 204 g/mol. The minimum Gasteiger partial charge on any atom is -0.385 e. The molecule has 0 aliphatic heterocycles. The van der Waals surface area contributed by atoms with Crippen molar-refractivity contribution in [2.45, 2.75) is 19.9 Å². The number of H-pyrrole nitrogens is 1. The average molecular weight is 220 g/mol. The van der Waals surface area contributed by atoms with Gasteiger partial charge in [0.2, 0.25) is 0 Å². The Balaban J connectivity index is 2.17. The van der Waals surface area contributed by atoms with Crippen molar-refractivity contribution in [1.82, 2.24) is 19.7 Å². The summed E-state index contributed by atoms with van der Waals surface area (Å²) in [6.07, 6.45) is 4.44. The highest BCUT2D eigenvalue weighted by atomic mass is 16.5. The van der Waals surface area contributed by atoms with E-state index in [0.717, 1.165) is 36.7 Å². The summed E-state index contributed by atoms with van der Waals surface area (Å²) in [6.45, 7) is 3.60. The summed E-state index contributed by atoms with van der Waals surface area (Å²) in [6, 6.07) is 2.06. The molecule has 0 radical (unpaired) electrons. The third-order valence-electron chi connectivity index (χ3n) is 2.39. The predicted octanol–water partition coefficient (Wildman–Crippen LogP) is 1.62. The molecule has 0 fully saturated rings. The molecule has 0 atom stereocenters. The summed E-state index contributed by atoms with van der Waals surface area (Å²) in [5.74, 6) is 0. The first-order valence-corrected chi connectivity index (χ1v) is 5.33. The van der Waals surface area contributed by atoms with Crippen LogP contribution in [-0.2, 0) is 11.3 Å². The van der Waals surface area contributed by atoms with Crippen LogP contribution in [-0.4, -0.2) is 33.5 Å². The molecule has 16 heavy (non-hydrogen) atoms. The van der Waals surface area contributed by atoms with E-state index in [4.69, 9.17) is 4.74 Å². The number of aromatic amines is 1. The number of imidazole rings is 1. The van der Waals surface area contributed by atoms with Gasteiger partial charge in [-0.3, -0.25) is 4.68 Å². The number of ether oxygens (including phenoxy) is 1. The fourth-order valence-corrected chi connectivity index (χ4v) is 1.69. The van der Waals surface area contributed by atoms with Gasteiger partial charge in [0.05, 0.1) is 29.6 Å². The maximum atomic E-state index is 5.04. The lowest BCUT2D eigenvalue weighted by Crippen LogP contribution is -2.05. The molecule has 5 heteroatoms. The van der Waals surface area contributed by atoms with E-state index in [9.17, 15) is 0 Å². The van der Waals surface area contributed by atoms with Crippen molar-refractivity contribution in [3.8, 4) is 11.4 Å². The number of methoxy groups -OCH3 is 1. The zero-order valence-electron chi connectivity index (χ0n) is 9.60. The van der Waals surface area contributed by atoms with E-state index in [-0.39, 0.29) is 0 Å². The van der Waals surface area contributed by atoms with Crippen LogP contribution in [0.25, 0.3) is 11.4 Å². The quantitative estimate of drug-likeness (QED) is 0.779. The van der Waals surface area contributed by atoms with Crippen LogP contribution in [0.5, 0.6) is 0 Å². The number of hydrogen-bond donors (Lipinski definition) is 1. The van der Waals surface area contributed by atoms with Crippen LogP contribution in [0.15, 0.2) is 18.6 Å². The van der Waals surface area contributed by atoms with Gasteiger partial charge in [-0.05, 0) is 19.4 Å². The van der Waals surface area contributed by atoms with E-state index in [0.29, 0.717) is 0 Å². The maximum Gasteiger partial charge on any atom is 0.0924 e. The van der Waals surface area contributed by atoms with Gasteiger partial charge < -0.3 is 9.72 Å². The molecule has 2 aromatic rings. The minimum atomic E-state index is 0.751. The van der Waals surface area contributed by atoms with Crippen LogP contribution in [0.1, 0.15) is 12.1 Å². The van der Waals surface area contributed by atoms with Crippen LogP contribution >= 0.6 is 0 Å². The lowest BCUT2D eigenvalue weighted by Gasteiger charge is -2.05. The van der Waals surface area contributed by atoms with Crippen molar-refractivity contribution in [1.29, 1.82) is 0 Å². The molecule has 2 heterocycles. The van der Waals surface area contributed by atoms with Crippen LogP contribution < -0.4 is 0 Å². The van der Waals surface area contributed by atoms with Gasteiger partial charge >= 0.3 is 0 Å². The Kier molecular flexibility index (Phi) is 3.36. The summed E-state index contributed by atoms with van der Waals surface area (Å²) in [5, 5.41) is 4.45. The number of rotatable bonds is 5. The topological polar surface area (TPSA) is 55.7 Å². The second-order valence-corrected chi connectivity index (χ2v) is 3.71. The number of nitrogens with one attached hydrogen (secondary N) is 1. The first-order valence-electron chi connectivity index (χ1n) is 5.33. The summed E-state index contributed by atoms with van der Waals surface area (Å²) >= 11 is 0. The first kappa shape index (κ1) is 10.9. The van der Waals surface area contributed by atoms with Gasteiger partial charge in [0.15, 0.2) is 0 Å². The SMILES string of the molecule is COCCCn1nc(C)cc1-c1cnc[nH]1. The van der Waals surface area contributed by atoms with Gasteiger partial charge in [-0.15, -0.1) is 0 Å². The monoisotopic (exact) mass is 220 g/mol. The highest BCUT2D eigenvalue weighted by Gasteiger charge is 2.08. The summed E-state index contributed by atoms with van der Waals surface area (Å²) in [5.41, 5.74) is 3.09. The molecule has 0 aliphatic carbocycles. The van der Waals surface area contributed by atoms with E-state index in [2.05, 4.69) is 21.1 Å². The fraction of sp³-hybridized carbons (Fsp3) is 0.455. The van der Waals surface area contributed by atoms with Crippen LogP contribution in [0, 0.1) is 6.92 Å². The second kappa shape index (κ2) is 4.94. The van der Waals surface area contributed by atoms with E-state index in [1.54, 1.807) is 13.4 Å². The molecule has 0 aliphatic rings. The van der Waals surface area contributed by atoms with E-state index >= 15 is 0 Å². The fourth-order valence-electron chi connectivity index (χ4n) is 1.69. The molecular formula is C11H16N4O. The Bertz CT molecular complexity index is 433. The van der Waals surface area contributed by atoms with Crippen LogP contribution in [0.3, 0.4) is 0 Å². The molecule has 2 aromatic heterocycles. The standard InChI is InChI=1S/C11H16N4O/c1-9-6-11(10-7-12-8-13-10)15(14-9)4-3-5-16-2/h6-8H,3-5H2,1-2H3,(H,12,13). The number of aryl methyl sites for hydroxylation is 2. The lowest BCUT2D eigenvalue weighted by molar-refractivity contribution is 0.189. The molecule has 86 valence electrons. The van der Waals surface area contributed by atoms with Gasteiger partial charge in [-0.25, -0.2) is 4.98 Å². The summed E-state index contributed by atoms with van der Waals surface area (Å²) in [7, 11) is 1.71. The van der Waals surface area contributed by atoms with Crippen molar-refractivity contribution >= 4 is 0 Å². The van der Waals surface area contributed by atoms with E-state index < -0.39 is 0 Å². The average Bonchev–Trinajstić information content (AvgIpc) is 2.87. The van der Waals surface area contributed by atoms with Crippen molar-refractivity contribution in [3.05, 3.63) is 24.3 Å². The zero-order chi connectivity index (χ0) is 11.4. The Morgan fingerprint density at radius 1 is 1.50 bits per heavy atom. The smallest absolute Gasteiger partial charge is 0.0924 e. The Hall–Kier alpha value is -1.62. The minimum absolute atomic E-state index is 0.751. The van der Waals surface area contributed by atoms with E-state index in [1.807, 2.05) is 17.8 Å². The second-order valence-electron chi connectivity index (χ2n) is 3.71. The highest BCUT2D eigenvalue weighted by molar-refractivity contribution is 5.53. The largest absolute Gasteiger partial charge is 0.385 e. The molecule has 0 saturated heterocycles. The number of hydrogen-bond acceptors (Lipinski definition) is 3. The van der Waals surface area contributed by atoms with Gasteiger partial charge in [-0.1, -0.05) is 0 Å². The van der Waals surface area contributed by atoms with Crippen molar-refractivity contribution in [2.24, 2.45) is 0 Å². The van der Waals surface area contributed by atoms with E-state index in [1.165, 1.54) is 0 Å². The first-order chi connectivity index (χ1) is 7.81. The molecule has 0 bridgehead atoms. The Morgan fingerprint density at radius 2 is 2.38 bits per heavy atom. The lowest BCUT2D eigenvalue weighted by atomic mass is 10.3. The molecule has 1 N–H and O–H groups in total. The molecule has 0 unspecified atom stereocenters. The third kappa shape index (κ3) is 2.30. The molecule has 0 saturated carbocycles. The number of aromatic nitrogens is 4. The van der Waals surface area contributed by atoms with Gasteiger partial charge in [0.25, 0.3) is 0 Å². The highest BCUT2D eigenvalue weighted by Crippen LogP contribution is 2.17. The predicted molar refractivity (Wildman–Crippen MR) is 61.0 cm³/mol. The zero-order valence-corrected chi connectivity index (χ0v) is 9.60. The molecule has 5 nitrogen and oxygen atoms in total. The number of nitrogens with zero attached hydrogens (tertiary/aromatic N) is 3. The van der Waals surface area contributed by atoms with Gasteiger partial charge in [-0.2, -0.15) is 5.10 Å². The maximum absolute atomic E-state index is 5.04. The molecule has 2 rings (SSSR count). The van der Waals surface area contributed by atoms with Crippen molar-refractivity contribution in [3.63, 3.8) is 0 Å². The summed E-state index contributed by atoms with van der Waals surface area (Å²) < 4.78 is 7.03. The van der Waals surface area contributed by atoms with Gasteiger partial charge in [0.1, 0.15) is 0 Å². The molecule has 0 spiro atoms. The van der Waals surface area contributed by atoms with Crippen LogP contribution in [0.2, 0.25) is 0 Å². The Morgan fingerprint density at radius 3 is 3.06 bits per heavy atom. The summed E-state index contributed by atoms with van der Waals surface area (Å²) in [4.78, 5) is 7.12. The normalized spacial score (nSPS) is 10.9. The van der Waals surface area contributed by atoms with Crippen LogP contribution in [0.4, 0.5) is 0 Å². The van der Waals surface area contributed by atoms with Gasteiger partial charge in [0, 0.05) is 20.3 Å². The van der Waals surface area contributed by atoms with Crippen molar-refractivity contribution in [2.75, 3.05) is 13.7 Å². The van der Waals surface area contributed by atoms with Crippen molar-refractivity contribution < 1.29 is 4.74 Å². The third-order valence-corrected chi connectivity index (χ3v) is 2.39. The molecule has 0 aromatic carbocycles. The molecule has 0 amide bonds.